The fourth-order valence-electron chi connectivity index (χ4n) is 1.40. The van der Waals surface area contributed by atoms with Crippen molar-refractivity contribution in [2.45, 2.75) is 26.5 Å². The van der Waals surface area contributed by atoms with Gasteiger partial charge in [0.25, 0.3) is 0 Å². The predicted molar refractivity (Wildman–Crippen MR) is 61.4 cm³/mol. The van der Waals surface area contributed by atoms with Gasteiger partial charge in [-0.25, -0.2) is 0 Å². The summed E-state index contributed by atoms with van der Waals surface area (Å²) in [6, 6.07) is 3.98. The van der Waals surface area contributed by atoms with Gasteiger partial charge in [0.1, 0.15) is 0 Å². The van der Waals surface area contributed by atoms with Crippen molar-refractivity contribution in [2.24, 2.45) is 5.92 Å². The highest BCUT2D eigenvalue weighted by Crippen LogP contribution is 2.06. The van der Waals surface area contributed by atoms with Gasteiger partial charge in [-0.15, -0.1) is 0 Å². The third kappa shape index (κ3) is 4.40. The third-order valence-corrected chi connectivity index (χ3v) is 2.44. The van der Waals surface area contributed by atoms with E-state index in [-0.39, 0.29) is 6.10 Å². The van der Waals surface area contributed by atoms with E-state index in [1.807, 2.05) is 39.2 Å². The summed E-state index contributed by atoms with van der Waals surface area (Å²) in [5.74, 6) is 0.307. The Hall–Kier alpha value is -0.930. The third-order valence-electron chi connectivity index (χ3n) is 2.44. The second kappa shape index (κ2) is 5.83. The molecule has 0 amide bonds. The Morgan fingerprint density at radius 1 is 1.47 bits per heavy atom. The van der Waals surface area contributed by atoms with Crippen molar-refractivity contribution in [3.8, 4) is 0 Å². The van der Waals surface area contributed by atoms with E-state index in [9.17, 15) is 5.11 Å². The highest BCUT2D eigenvalue weighted by molar-refractivity contribution is 5.07. The van der Waals surface area contributed by atoms with E-state index in [2.05, 4.69) is 9.88 Å². The van der Waals surface area contributed by atoms with E-state index >= 15 is 0 Å². The first-order valence-electron chi connectivity index (χ1n) is 5.35. The molecule has 0 bridgehead atoms. The van der Waals surface area contributed by atoms with E-state index in [1.165, 1.54) is 5.56 Å². The van der Waals surface area contributed by atoms with Crippen LogP contribution in [0.25, 0.3) is 0 Å². The van der Waals surface area contributed by atoms with Gasteiger partial charge in [0.15, 0.2) is 0 Å². The maximum atomic E-state index is 9.72. The maximum absolute atomic E-state index is 9.72. The van der Waals surface area contributed by atoms with Gasteiger partial charge in [-0.05, 0) is 24.6 Å². The number of hydrogen-bond donors (Lipinski definition) is 1. The van der Waals surface area contributed by atoms with Crippen molar-refractivity contribution in [3.63, 3.8) is 0 Å². The molecule has 84 valence electrons. The molecule has 1 N–H and O–H groups in total. The number of pyridine rings is 1. The second-order valence-electron chi connectivity index (χ2n) is 4.37. The van der Waals surface area contributed by atoms with Crippen LogP contribution in [0.5, 0.6) is 0 Å². The second-order valence-corrected chi connectivity index (χ2v) is 4.37. The summed E-state index contributed by atoms with van der Waals surface area (Å²) in [5, 5.41) is 9.72. The largest absolute Gasteiger partial charge is 0.392 e. The van der Waals surface area contributed by atoms with Crippen LogP contribution in [0, 0.1) is 5.92 Å². The molecule has 1 heterocycles. The zero-order valence-electron chi connectivity index (χ0n) is 9.72. The molecule has 0 saturated carbocycles. The molecule has 0 aliphatic carbocycles. The zero-order valence-corrected chi connectivity index (χ0v) is 9.72. The smallest absolute Gasteiger partial charge is 0.0689 e. The van der Waals surface area contributed by atoms with Crippen LogP contribution in [-0.2, 0) is 6.54 Å². The summed E-state index contributed by atoms with van der Waals surface area (Å²) < 4.78 is 0. The van der Waals surface area contributed by atoms with Gasteiger partial charge < -0.3 is 5.11 Å². The molecule has 0 saturated heterocycles. The number of aliphatic hydroxyl groups excluding tert-OH is 1. The van der Waals surface area contributed by atoms with Crippen molar-refractivity contribution >= 4 is 0 Å². The first-order chi connectivity index (χ1) is 7.09. The molecular formula is C12H20N2O. The topological polar surface area (TPSA) is 36.4 Å². The number of aliphatic hydroxyl groups is 1. The lowest BCUT2D eigenvalue weighted by Gasteiger charge is -2.22. The molecule has 0 aliphatic heterocycles. The minimum Gasteiger partial charge on any atom is -0.392 e. The Labute approximate surface area is 91.8 Å². The van der Waals surface area contributed by atoms with Crippen LogP contribution in [0.2, 0.25) is 0 Å². The van der Waals surface area contributed by atoms with Crippen LogP contribution in [0.3, 0.4) is 0 Å². The van der Waals surface area contributed by atoms with Crippen LogP contribution >= 0.6 is 0 Å². The Morgan fingerprint density at radius 2 is 2.20 bits per heavy atom. The zero-order chi connectivity index (χ0) is 11.3. The Morgan fingerprint density at radius 3 is 2.73 bits per heavy atom. The quantitative estimate of drug-likeness (QED) is 0.797. The minimum atomic E-state index is -0.258. The summed E-state index contributed by atoms with van der Waals surface area (Å²) in [6.07, 6.45) is 3.37. The molecule has 1 unspecified atom stereocenters. The molecule has 3 nitrogen and oxygen atoms in total. The van der Waals surface area contributed by atoms with Gasteiger partial charge >= 0.3 is 0 Å². The van der Waals surface area contributed by atoms with Crippen molar-refractivity contribution in [1.82, 2.24) is 9.88 Å². The molecule has 3 heteroatoms. The molecule has 0 spiro atoms. The molecular weight excluding hydrogens is 188 g/mol. The van der Waals surface area contributed by atoms with E-state index in [1.54, 1.807) is 6.20 Å². The lowest BCUT2D eigenvalue weighted by Crippen LogP contribution is -2.32. The molecule has 1 aromatic rings. The average molecular weight is 208 g/mol. The molecule has 0 aliphatic rings. The Balaban J connectivity index is 2.39. The van der Waals surface area contributed by atoms with Gasteiger partial charge in [0, 0.05) is 25.5 Å². The highest BCUT2D eigenvalue weighted by atomic mass is 16.3. The average Bonchev–Trinajstić information content (AvgIpc) is 2.18. The van der Waals surface area contributed by atoms with Crippen molar-refractivity contribution in [2.75, 3.05) is 13.6 Å². The molecule has 1 aromatic heterocycles. The van der Waals surface area contributed by atoms with E-state index in [0.717, 1.165) is 6.54 Å². The van der Waals surface area contributed by atoms with Gasteiger partial charge in [0.2, 0.25) is 0 Å². The molecule has 1 rings (SSSR count). The Kier molecular flexibility index (Phi) is 4.72. The van der Waals surface area contributed by atoms with Crippen LogP contribution in [0.15, 0.2) is 24.5 Å². The summed E-state index contributed by atoms with van der Waals surface area (Å²) >= 11 is 0. The first-order valence-corrected chi connectivity index (χ1v) is 5.35. The predicted octanol–water partition coefficient (Wildman–Crippen LogP) is 1.53. The lowest BCUT2D eigenvalue weighted by molar-refractivity contribution is 0.0838. The molecule has 0 radical (unpaired) electrons. The number of aromatic nitrogens is 1. The van der Waals surface area contributed by atoms with Crippen molar-refractivity contribution < 1.29 is 5.11 Å². The van der Waals surface area contributed by atoms with Crippen molar-refractivity contribution in [3.05, 3.63) is 30.1 Å². The Bertz CT molecular complexity index is 274. The van der Waals surface area contributed by atoms with Gasteiger partial charge in [0.05, 0.1) is 6.10 Å². The lowest BCUT2D eigenvalue weighted by atomic mass is 10.1. The van der Waals surface area contributed by atoms with Gasteiger partial charge in [-0.2, -0.15) is 0 Å². The SMILES string of the molecule is CC(C)C(O)CN(C)Cc1cccnc1. The van der Waals surface area contributed by atoms with Gasteiger partial charge in [-0.1, -0.05) is 19.9 Å². The van der Waals surface area contributed by atoms with E-state index < -0.39 is 0 Å². The standard InChI is InChI=1S/C12H20N2O/c1-10(2)12(15)9-14(3)8-11-5-4-6-13-7-11/h4-7,10,12,15H,8-9H2,1-3H3. The normalized spacial score (nSPS) is 13.5. The molecule has 1 atom stereocenters. The van der Waals surface area contributed by atoms with Crippen LogP contribution < -0.4 is 0 Å². The summed E-state index contributed by atoms with van der Waals surface area (Å²) in [5.41, 5.74) is 1.18. The maximum Gasteiger partial charge on any atom is 0.0689 e. The number of nitrogens with zero attached hydrogens (tertiary/aromatic N) is 2. The minimum absolute atomic E-state index is 0.258. The van der Waals surface area contributed by atoms with Gasteiger partial charge in [-0.3, -0.25) is 9.88 Å². The summed E-state index contributed by atoms with van der Waals surface area (Å²) in [4.78, 5) is 6.18. The fourth-order valence-corrected chi connectivity index (χ4v) is 1.40. The first kappa shape index (κ1) is 12.1. The summed E-state index contributed by atoms with van der Waals surface area (Å²) in [7, 11) is 2.01. The monoisotopic (exact) mass is 208 g/mol. The fraction of sp³-hybridized carbons (Fsp3) is 0.583. The van der Waals surface area contributed by atoms with Crippen LogP contribution in [0.1, 0.15) is 19.4 Å². The molecule has 15 heavy (non-hydrogen) atoms. The summed E-state index contributed by atoms with van der Waals surface area (Å²) in [6.45, 7) is 5.59. The van der Waals surface area contributed by atoms with E-state index in [0.29, 0.717) is 12.5 Å². The highest BCUT2D eigenvalue weighted by Gasteiger charge is 2.11. The number of hydrogen-bond acceptors (Lipinski definition) is 3. The number of likely N-dealkylation sites (N-methyl/N-ethyl adjacent to an activating group) is 1. The molecule has 0 aromatic carbocycles. The van der Waals surface area contributed by atoms with Crippen LogP contribution in [-0.4, -0.2) is 34.7 Å². The molecule has 0 fully saturated rings. The number of rotatable bonds is 5. The van der Waals surface area contributed by atoms with E-state index in [4.69, 9.17) is 0 Å². The van der Waals surface area contributed by atoms with Crippen LogP contribution in [0.4, 0.5) is 0 Å². The van der Waals surface area contributed by atoms with Crippen molar-refractivity contribution in [1.29, 1.82) is 0 Å².